The van der Waals surface area contributed by atoms with E-state index in [0.29, 0.717) is 6.04 Å². The maximum Gasteiger partial charge on any atom is 0.116 e. The number of morpholine rings is 1. The number of rotatable bonds is 3. The van der Waals surface area contributed by atoms with Crippen LogP contribution >= 0.6 is 11.3 Å². The maximum atomic E-state index is 5.45. The van der Waals surface area contributed by atoms with Crippen LogP contribution in [0.1, 0.15) is 24.1 Å². The van der Waals surface area contributed by atoms with Crippen molar-refractivity contribution in [3.63, 3.8) is 0 Å². The number of ether oxygens (including phenoxy) is 1. The molecule has 0 unspecified atom stereocenters. The molecule has 0 spiro atoms. The molecule has 0 N–H and O–H groups in total. The molecule has 2 aromatic heterocycles. The molecule has 1 fully saturated rings. The summed E-state index contributed by atoms with van der Waals surface area (Å²) in [5.41, 5.74) is 5.81. The van der Waals surface area contributed by atoms with Gasteiger partial charge in [0.25, 0.3) is 0 Å². The molecule has 24 heavy (non-hydrogen) atoms. The molecule has 3 heterocycles. The summed E-state index contributed by atoms with van der Waals surface area (Å²) in [6, 6.07) is 9.23. The average Bonchev–Trinajstić information content (AvgIpc) is 3.03. The zero-order valence-electron chi connectivity index (χ0n) is 14.0. The largest absolute Gasteiger partial charge is 0.379 e. The van der Waals surface area contributed by atoms with Crippen molar-refractivity contribution < 1.29 is 4.74 Å². The molecule has 4 rings (SSSR count). The van der Waals surface area contributed by atoms with E-state index in [2.05, 4.69) is 58.4 Å². The Morgan fingerprint density at radius 3 is 2.62 bits per heavy atom. The minimum atomic E-state index is 0.414. The van der Waals surface area contributed by atoms with Crippen LogP contribution in [-0.4, -0.2) is 41.2 Å². The van der Waals surface area contributed by atoms with Gasteiger partial charge in [-0.2, -0.15) is 0 Å². The van der Waals surface area contributed by atoms with Crippen molar-refractivity contribution in [3.8, 4) is 11.3 Å². The molecule has 0 aliphatic carbocycles. The number of nitrogens with zero attached hydrogens (tertiary/aromatic N) is 3. The van der Waals surface area contributed by atoms with E-state index in [4.69, 9.17) is 4.74 Å². The van der Waals surface area contributed by atoms with E-state index in [9.17, 15) is 0 Å². The third-order valence-electron chi connectivity index (χ3n) is 4.79. The van der Waals surface area contributed by atoms with E-state index in [-0.39, 0.29) is 0 Å². The van der Waals surface area contributed by atoms with E-state index < -0.39 is 0 Å². The van der Waals surface area contributed by atoms with Crippen LogP contribution in [0.3, 0.4) is 0 Å². The standard InChI is InChI=1S/C19H21N3OS/c1-13-11-24-19-17(13)20-12-21-18(19)16-5-3-15(4-6-16)14(2)22-7-9-23-10-8-22/h3-6,11-12,14H,7-10H2,1-2H3/t14-/m1/s1. The second-order valence-electron chi connectivity index (χ2n) is 6.27. The molecule has 1 aromatic carbocycles. The molecule has 5 heteroatoms. The van der Waals surface area contributed by atoms with Crippen LogP contribution in [-0.2, 0) is 4.74 Å². The molecule has 1 saturated heterocycles. The zero-order valence-corrected chi connectivity index (χ0v) is 14.8. The average molecular weight is 339 g/mol. The molecule has 1 aliphatic rings. The van der Waals surface area contributed by atoms with E-state index in [0.717, 1.165) is 43.1 Å². The van der Waals surface area contributed by atoms with Crippen LogP contribution < -0.4 is 0 Å². The van der Waals surface area contributed by atoms with Crippen LogP contribution in [0.15, 0.2) is 36.0 Å². The van der Waals surface area contributed by atoms with Crippen molar-refractivity contribution >= 4 is 21.6 Å². The van der Waals surface area contributed by atoms with Crippen LogP contribution in [0, 0.1) is 6.92 Å². The van der Waals surface area contributed by atoms with Gasteiger partial charge in [0, 0.05) is 24.7 Å². The number of thiophene rings is 1. The number of aromatic nitrogens is 2. The molecule has 1 atom stereocenters. The van der Waals surface area contributed by atoms with Gasteiger partial charge in [-0.3, -0.25) is 4.90 Å². The fraction of sp³-hybridized carbons (Fsp3) is 0.368. The summed E-state index contributed by atoms with van der Waals surface area (Å²) < 4.78 is 6.62. The van der Waals surface area contributed by atoms with Crippen molar-refractivity contribution in [2.75, 3.05) is 26.3 Å². The summed E-state index contributed by atoms with van der Waals surface area (Å²) in [7, 11) is 0. The summed E-state index contributed by atoms with van der Waals surface area (Å²) in [6.45, 7) is 8.04. The Labute approximate surface area is 146 Å². The highest BCUT2D eigenvalue weighted by molar-refractivity contribution is 7.17. The second-order valence-corrected chi connectivity index (χ2v) is 7.14. The van der Waals surface area contributed by atoms with E-state index >= 15 is 0 Å². The molecule has 124 valence electrons. The van der Waals surface area contributed by atoms with Gasteiger partial charge in [-0.05, 0) is 30.4 Å². The lowest BCUT2D eigenvalue weighted by atomic mass is 10.0. The quantitative estimate of drug-likeness (QED) is 0.721. The first kappa shape index (κ1) is 15.7. The van der Waals surface area contributed by atoms with Gasteiger partial charge in [-0.1, -0.05) is 24.3 Å². The van der Waals surface area contributed by atoms with Crippen LogP contribution in [0.2, 0.25) is 0 Å². The van der Waals surface area contributed by atoms with Gasteiger partial charge in [-0.15, -0.1) is 11.3 Å². The Hall–Kier alpha value is -1.82. The first-order valence-corrected chi connectivity index (χ1v) is 9.23. The summed E-state index contributed by atoms with van der Waals surface area (Å²) in [4.78, 5) is 11.4. The Bertz CT molecular complexity index is 837. The van der Waals surface area contributed by atoms with Gasteiger partial charge in [-0.25, -0.2) is 9.97 Å². The van der Waals surface area contributed by atoms with Gasteiger partial charge >= 0.3 is 0 Å². The molecule has 1 aliphatic heterocycles. The van der Waals surface area contributed by atoms with Gasteiger partial charge in [0.05, 0.1) is 29.1 Å². The molecular formula is C19H21N3OS. The zero-order chi connectivity index (χ0) is 16.5. The smallest absolute Gasteiger partial charge is 0.116 e. The molecule has 0 amide bonds. The van der Waals surface area contributed by atoms with Crippen LogP contribution in [0.5, 0.6) is 0 Å². The number of fused-ring (bicyclic) bond motifs is 1. The number of hydrogen-bond donors (Lipinski definition) is 0. The number of hydrogen-bond acceptors (Lipinski definition) is 5. The normalized spacial score (nSPS) is 17.2. The third kappa shape index (κ3) is 2.83. The summed E-state index contributed by atoms with van der Waals surface area (Å²) in [5, 5.41) is 2.15. The third-order valence-corrected chi connectivity index (χ3v) is 5.88. The SMILES string of the molecule is Cc1csc2c(-c3ccc([C@@H](C)N4CCOCC4)cc3)ncnc12. The highest BCUT2D eigenvalue weighted by Gasteiger charge is 2.18. The lowest BCUT2D eigenvalue weighted by Crippen LogP contribution is -2.37. The molecule has 3 aromatic rings. The minimum absolute atomic E-state index is 0.414. The fourth-order valence-corrected chi connectivity index (χ4v) is 4.28. The Morgan fingerprint density at radius 1 is 1.12 bits per heavy atom. The van der Waals surface area contributed by atoms with Crippen LogP contribution in [0.25, 0.3) is 21.5 Å². The first-order chi connectivity index (χ1) is 11.7. The van der Waals surface area contributed by atoms with Gasteiger partial charge in [0.1, 0.15) is 6.33 Å². The van der Waals surface area contributed by atoms with E-state index in [1.807, 2.05) is 0 Å². The predicted octanol–water partition coefficient (Wildman–Crippen LogP) is 4.06. The van der Waals surface area contributed by atoms with Gasteiger partial charge < -0.3 is 4.74 Å². The minimum Gasteiger partial charge on any atom is -0.379 e. The van der Waals surface area contributed by atoms with Crippen molar-refractivity contribution in [3.05, 3.63) is 47.1 Å². The van der Waals surface area contributed by atoms with Crippen molar-refractivity contribution in [1.29, 1.82) is 0 Å². The molecular weight excluding hydrogens is 318 g/mol. The second kappa shape index (κ2) is 6.59. The maximum absolute atomic E-state index is 5.45. The van der Waals surface area contributed by atoms with E-state index in [1.165, 1.54) is 15.8 Å². The van der Waals surface area contributed by atoms with Crippen molar-refractivity contribution in [2.45, 2.75) is 19.9 Å². The number of aryl methyl sites for hydroxylation is 1. The Morgan fingerprint density at radius 2 is 1.88 bits per heavy atom. The molecule has 0 saturated carbocycles. The lowest BCUT2D eigenvalue weighted by Gasteiger charge is -2.32. The molecule has 0 radical (unpaired) electrons. The van der Waals surface area contributed by atoms with Crippen molar-refractivity contribution in [2.24, 2.45) is 0 Å². The number of benzene rings is 1. The fourth-order valence-electron chi connectivity index (χ4n) is 3.27. The molecule has 0 bridgehead atoms. The highest BCUT2D eigenvalue weighted by atomic mass is 32.1. The van der Waals surface area contributed by atoms with E-state index in [1.54, 1.807) is 17.7 Å². The highest BCUT2D eigenvalue weighted by Crippen LogP contribution is 2.32. The van der Waals surface area contributed by atoms with Gasteiger partial charge in [0.15, 0.2) is 0 Å². The van der Waals surface area contributed by atoms with Crippen LogP contribution in [0.4, 0.5) is 0 Å². The summed E-state index contributed by atoms with van der Waals surface area (Å²) >= 11 is 1.72. The molecule has 4 nitrogen and oxygen atoms in total. The van der Waals surface area contributed by atoms with Crippen molar-refractivity contribution in [1.82, 2.24) is 14.9 Å². The monoisotopic (exact) mass is 339 g/mol. The summed E-state index contributed by atoms with van der Waals surface area (Å²) in [6.07, 6.45) is 1.67. The lowest BCUT2D eigenvalue weighted by molar-refractivity contribution is 0.0198. The van der Waals surface area contributed by atoms with Gasteiger partial charge in [0.2, 0.25) is 0 Å². The summed E-state index contributed by atoms with van der Waals surface area (Å²) in [5.74, 6) is 0. The topological polar surface area (TPSA) is 38.2 Å². The Balaban J connectivity index is 1.63. The predicted molar refractivity (Wildman–Crippen MR) is 98.4 cm³/mol. The first-order valence-electron chi connectivity index (χ1n) is 8.35. The Kier molecular flexibility index (Phi) is 4.31.